The lowest BCUT2D eigenvalue weighted by molar-refractivity contribution is -0.126. The average molecular weight is 535 g/mol. The molecule has 0 saturated carbocycles. The minimum absolute atomic E-state index is 0.0373. The molecule has 0 saturated heterocycles. The zero-order valence-electron chi connectivity index (χ0n) is 22.8. The fraction of sp³-hybridized carbons (Fsp3) is 0.294. The highest BCUT2D eigenvalue weighted by atomic mass is 16.5. The van der Waals surface area contributed by atoms with Crippen molar-refractivity contribution in [2.24, 2.45) is 0 Å². The van der Waals surface area contributed by atoms with Crippen LogP contribution in [0.4, 0.5) is 0 Å². The molecule has 2 aromatic rings. The van der Waals surface area contributed by atoms with E-state index in [2.05, 4.69) is 23.5 Å². The van der Waals surface area contributed by atoms with Crippen LogP contribution < -0.4 is 5.32 Å². The Bertz CT molecular complexity index is 1480. The van der Waals surface area contributed by atoms with Crippen molar-refractivity contribution in [3.63, 3.8) is 0 Å². The first-order chi connectivity index (χ1) is 19.6. The van der Waals surface area contributed by atoms with Crippen molar-refractivity contribution in [2.75, 3.05) is 13.2 Å². The standard InChI is InChI=1S/C34H34N2O4/c1-2-39-30-18-17-24-12-6-7-15-27(24)31(30)33(37)36-21-29(28-16-9-19-35-32(28)36)25-13-8-14-26(20-25)34(38)40-22-23-10-4-3-5-11-23/h3-6,8,10-14,16,20-21,32,35H,2,7,9,15,17-19,22H2,1H3. The molecule has 6 heteroatoms. The summed E-state index contributed by atoms with van der Waals surface area (Å²) in [6, 6.07) is 17.1. The van der Waals surface area contributed by atoms with Crippen LogP contribution in [0.25, 0.3) is 5.57 Å². The third kappa shape index (κ3) is 5.07. The first-order valence-electron chi connectivity index (χ1n) is 14.2. The predicted octanol–water partition coefficient (Wildman–Crippen LogP) is 6.20. The van der Waals surface area contributed by atoms with E-state index >= 15 is 0 Å². The molecule has 0 bridgehead atoms. The number of fused-ring (bicyclic) bond motifs is 1. The van der Waals surface area contributed by atoms with Crippen molar-refractivity contribution in [3.8, 4) is 0 Å². The summed E-state index contributed by atoms with van der Waals surface area (Å²) < 4.78 is 11.6. The maximum atomic E-state index is 14.3. The number of esters is 1. The molecule has 40 heavy (non-hydrogen) atoms. The summed E-state index contributed by atoms with van der Waals surface area (Å²) in [5, 5.41) is 3.55. The summed E-state index contributed by atoms with van der Waals surface area (Å²) in [4.78, 5) is 29.0. The zero-order valence-corrected chi connectivity index (χ0v) is 22.8. The van der Waals surface area contributed by atoms with E-state index in [9.17, 15) is 9.59 Å². The first-order valence-corrected chi connectivity index (χ1v) is 14.2. The van der Waals surface area contributed by atoms with Crippen LogP contribution in [0.15, 0.2) is 107 Å². The number of ether oxygens (including phenoxy) is 2. The molecule has 2 aromatic carbocycles. The van der Waals surface area contributed by atoms with E-state index in [-0.39, 0.29) is 24.6 Å². The van der Waals surface area contributed by atoms with Crippen LogP contribution in [0.5, 0.6) is 0 Å². The molecule has 6 rings (SSSR count). The van der Waals surface area contributed by atoms with Crippen molar-refractivity contribution in [2.45, 2.75) is 51.8 Å². The number of hydrogen-bond acceptors (Lipinski definition) is 5. The predicted molar refractivity (Wildman–Crippen MR) is 155 cm³/mol. The number of nitrogens with zero attached hydrogens (tertiary/aromatic N) is 1. The van der Waals surface area contributed by atoms with Gasteiger partial charge in [0.2, 0.25) is 0 Å². The van der Waals surface area contributed by atoms with E-state index < -0.39 is 0 Å². The smallest absolute Gasteiger partial charge is 0.338 e. The molecule has 2 aliphatic heterocycles. The second kappa shape index (κ2) is 11.5. The zero-order chi connectivity index (χ0) is 27.5. The quantitative estimate of drug-likeness (QED) is 0.428. The number of carbonyl (C=O) groups is 2. The average Bonchev–Trinajstić information content (AvgIpc) is 3.40. The number of allylic oxidation sites excluding steroid dienone is 4. The Morgan fingerprint density at radius 2 is 1.90 bits per heavy atom. The molecule has 0 fully saturated rings. The number of amides is 1. The monoisotopic (exact) mass is 534 g/mol. The molecule has 0 aromatic heterocycles. The molecule has 1 amide bonds. The number of hydrogen-bond donors (Lipinski definition) is 1. The van der Waals surface area contributed by atoms with Crippen LogP contribution in [-0.2, 0) is 20.9 Å². The van der Waals surface area contributed by atoms with E-state index in [1.54, 1.807) is 6.07 Å². The van der Waals surface area contributed by atoms with Crippen molar-refractivity contribution >= 4 is 17.4 Å². The maximum absolute atomic E-state index is 14.3. The number of rotatable bonds is 7. The number of nitrogens with one attached hydrogen (secondary N) is 1. The lowest BCUT2D eigenvalue weighted by Gasteiger charge is -2.32. The number of benzene rings is 2. The van der Waals surface area contributed by atoms with Gasteiger partial charge in [-0.2, -0.15) is 0 Å². The molecule has 2 heterocycles. The second-order valence-electron chi connectivity index (χ2n) is 10.4. The Labute approximate surface area is 235 Å². The van der Waals surface area contributed by atoms with E-state index in [0.717, 1.165) is 77.8 Å². The van der Waals surface area contributed by atoms with E-state index in [1.165, 1.54) is 5.57 Å². The van der Waals surface area contributed by atoms with Gasteiger partial charge in [-0.25, -0.2) is 4.79 Å². The summed E-state index contributed by atoms with van der Waals surface area (Å²) in [5.41, 5.74) is 7.39. The number of carbonyl (C=O) groups excluding carboxylic acids is 2. The van der Waals surface area contributed by atoms with Gasteiger partial charge in [0.1, 0.15) is 18.5 Å². The summed E-state index contributed by atoms with van der Waals surface area (Å²) in [5.74, 6) is 0.389. The Morgan fingerprint density at radius 1 is 1.02 bits per heavy atom. The lowest BCUT2D eigenvalue weighted by atomic mass is 9.83. The third-order valence-electron chi connectivity index (χ3n) is 7.86. The molecular weight excluding hydrogens is 500 g/mol. The van der Waals surface area contributed by atoms with Gasteiger partial charge in [0.25, 0.3) is 5.91 Å². The van der Waals surface area contributed by atoms with Crippen molar-refractivity contribution in [3.05, 3.63) is 124 Å². The Kier molecular flexibility index (Phi) is 7.51. The van der Waals surface area contributed by atoms with Crippen LogP contribution in [0.2, 0.25) is 0 Å². The van der Waals surface area contributed by atoms with E-state index in [1.807, 2.05) is 66.6 Å². The van der Waals surface area contributed by atoms with Gasteiger partial charge in [-0.3, -0.25) is 15.0 Å². The highest BCUT2D eigenvalue weighted by Crippen LogP contribution is 2.41. The van der Waals surface area contributed by atoms with Crippen molar-refractivity contribution in [1.29, 1.82) is 0 Å². The largest absolute Gasteiger partial charge is 0.497 e. The SMILES string of the molecule is CCOC1=C(C(=O)N2C=C(c3cccc(C(=O)OCc4ccccc4)c3)C3=CCCNC32)C2=C(C=CCC2)CC1. The van der Waals surface area contributed by atoms with Gasteiger partial charge in [0, 0.05) is 24.7 Å². The lowest BCUT2D eigenvalue weighted by Crippen LogP contribution is -2.47. The van der Waals surface area contributed by atoms with Gasteiger partial charge in [-0.05, 0) is 72.6 Å². The highest BCUT2D eigenvalue weighted by Gasteiger charge is 2.39. The van der Waals surface area contributed by atoms with Crippen molar-refractivity contribution < 1.29 is 19.1 Å². The van der Waals surface area contributed by atoms with Crippen LogP contribution in [0.1, 0.15) is 60.5 Å². The highest BCUT2D eigenvalue weighted by molar-refractivity contribution is 6.03. The molecule has 0 spiro atoms. The summed E-state index contributed by atoms with van der Waals surface area (Å²) in [6.45, 7) is 3.51. The second-order valence-corrected chi connectivity index (χ2v) is 10.4. The van der Waals surface area contributed by atoms with Crippen LogP contribution in [-0.4, -0.2) is 36.1 Å². The first kappa shape index (κ1) is 26.1. The molecular formula is C34H34N2O4. The molecule has 204 valence electrons. The molecule has 1 atom stereocenters. The topological polar surface area (TPSA) is 67.9 Å². The molecule has 1 N–H and O–H groups in total. The van der Waals surface area contributed by atoms with Crippen LogP contribution in [0, 0.1) is 0 Å². The molecule has 4 aliphatic rings. The third-order valence-corrected chi connectivity index (χ3v) is 7.86. The molecule has 2 aliphatic carbocycles. The summed E-state index contributed by atoms with van der Waals surface area (Å²) >= 11 is 0. The van der Waals surface area contributed by atoms with Gasteiger partial charge >= 0.3 is 5.97 Å². The molecule has 0 radical (unpaired) electrons. The normalized spacial score (nSPS) is 20.0. The molecule has 1 unspecified atom stereocenters. The Balaban J connectivity index is 1.31. The minimum Gasteiger partial charge on any atom is -0.497 e. The fourth-order valence-electron chi connectivity index (χ4n) is 5.97. The van der Waals surface area contributed by atoms with E-state index in [4.69, 9.17) is 9.47 Å². The maximum Gasteiger partial charge on any atom is 0.338 e. The Morgan fingerprint density at radius 3 is 2.75 bits per heavy atom. The van der Waals surface area contributed by atoms with Crippen LogP contribution in [0.3, 0.4) is 0 Å². The van der Waals surface area contributed by atoms with Gasteiger partial charge < -0.3 is 9.47 Å². The van der Waals surface area contributed by atoms with E-state index in [0.29, 0.717) is 12.2 Å². The molecule has 6 nitrogen and oxygen atoms in total. The summed E-state index contributed by atoms with van der Waals surface area (Å²) in [7, 11) is 0. The minimum atomic E-state index is -0.372. The van der Waals surface area contributed by atoms with Gasteiger partial charge in [0.15, 0.2) is 0 Å². The fourth-order valence-corrected chi connectivity index (χ4v) is 5.97. The Hall–Kier alpha value is -4.16. The summed E-state index contributed by atoms with van der Waals surface area (Å²) in [6.07, 6.45) is 12.5. The van der Waals surface area contributed by atoms with Gasteiger partial charge in [-0.1, -0.05) is 60.7 Å². The van der Waals surface area contributed by atoms with Crippen molar-refractivity contribution in [1.82, 2.24) is 10.2 Å². The van der Waals surface area contributed by atoms with Gasteiger partial charge in [0.05, 0.1) is 17.7 Å². The van der Waals surface area contributed by atoms with Crippen LogP contribution >= 0.6 is 0 Å². The van der Waals surface area contributed by atoms with Gasteiger partial charge in [-0.15, -0.1) is 0 Å².